The summed E-state index contributed by atoms with van der Waals surface area (Å²) in [4.78, 5) is 11.1. The monoisotopic (exact) mass is 361 g/mol. The van der Waals surface area contributed by atoms with Gasteiger partial charge in [0.05, 0.1) is 15.1 Å². The quantitative estimate of drug-likeness (QED) is 0.660. The van der Waals surface area contributed by atoms with Crippen molar-refractivity contribution in [3.8, 4) is 5.75 Å². The molecule has 0 atom stereocenters. The Morgan fingerprint density at radius 3 is 2.75 bits per heavy atom. The van der Waals surface area contributed by atoms with Crippen LogP contribution in [-0.2, 0) is 4.79 Å². The number of anilines is 1. The Labute approximate surface area is 109 Å². The Morgan fingerprint density at radius 1 is 1.56 bits per heavy atom. The van der Waals surface area contributed by atoms with Gasteiger partial charge in [0.15, 0.2) is 0 Å². The first-order valence-electron chi connectivity index (χ1n) is 4.13. The molecule has 16 heavy (non-hydrogen) atoms. The number of hydrogen-bond acceptors (Lipinski definition) is 2. The second-order valence-corrected chi connectivity index (χ2v) is 3.87. The molecule has 0 bridgehead atoms. The van der Waals surface area contributed by atoms with Crippen LogP contribution in [0.15, 0.2) is 18.2 Å². The van der Waals surface area contributed by atoms with Gasteiger partial charge in [-0.15, -0.1) is 0 Å². The van der Waals surface area contributed by atoms with Crippen molar-refractivity contribution < 1.29 is 18.3 Å². The summed E-state index contributed by atoms with van der Waals surface area (Å²) < 4.78 is 28.2. The Kier molecular flexibility index (Phi) is 5.20. The summed E-state index contributed by atoms with van der Waals surface area (Å²) in [6.45, 7) is -2.90. The van der Waals surface area contributed by atoms with Crippen LogP contribution in [0.2, 0.25) is 5.02 Å². The summed E-state index contributed by atoms with van der Waals surface area (Å²) >= 11 is 7.67. The zero-order valence-corrected chi connectivity index (χ0v) is 10.8. The minimum Gasteiger partial charge on any atom is -0.435 e. The van der Waals surface area contributed by atoms with Crippen molar-refractivity contribution in [3.63, 3.8) is 0 Å². The highest BCUT2D eigenvalue weighted by Crippen LogP contribution is 2.27. The largest absolute Gasteiger partial charge is 0.435 e. The molecule has 0 aromatic heterocycles. The molecule has 3 nitrogen and oxygen atoms in total. The van der Waals surface area contributed by atoms with Crippen LogP contribution < -0.4 is 10.1 Å². The van der Waals surface area contributed by atoms with Crippen LogP contribution in [0.1, 0.15) is 0 Å². The third-order valence-corrected chi connectivity index (χ3v) is 2.57. The number of halogens is 4. The van der Waals surface area contributed by atoms with E-state index in [0.29, 0.717) is 5.69 Å². The molecular formula is C9H7ClF2INO2. The van der Waals surface area contributed by atoms with E-state index in [0.717, 1.165) is 0 Å². The topological polar surface area (TPSA) is 38.3 Å². The minimum atomic E-state index is -2.90. The molecule has 1 N–H and O–H groups in total. The van der Waals surface area contributed by atoms with Crippen molar-refractivity contribution in [2.24, 2.45) is 0 Å². The lowest BCUT2D eigenvalue weighted by Gasteiger charge is -2.08. The molecule has 0 aliphatic rings. The van der Waals surface area contributed by atoms with Gasteiger partial charge in [-0.3, -0.25) is 4.79 Å². The van der Waals surface area contributed by atoms with Gasteiger partial charge >= 0.3 is 6.61 Å². The average Bonchev–Trinajstić information content (AvgIpc) is 2.21. The zero-order valence-electron chi connectivity index (χ0n) is 7.84. The fourth-order valence-corrected chi connectivity index (χ4v) is 1.37. The van der Waals surface area contributed by atoms with Crippen molar-refractivity contribution in [3.05, 3.63) is 23.2 Å². The zero-order chi connectivity index (χ0) is 12.1. The first kappa shape index (κ1) is 13.4. The van der Waals surface area contributed by atoms with E-state index < -0.39 is 6.61 Å². The molecular weight excluding hydrogens is 354 g/mol. The average molecular weight is 362 g/mol. The Bertz CT molecular complexity index is 390. The Morgan fingerprint density at radius 2 is 2.25 bits per heavy atom. The summed E-state index contributed by atoms with van der Waals surface area (Å²) in [6.07, 6.45) is 0. The highest BCUT2D eigenvalue weighted by molar-refractivity contribution is 14.1. The van der Waals surface area contributed by atoms with E-state index in [2.05, 4.69) is 10.1 Å². The molecule has 7 heteroatoms. The summed E-state index contributed by atoms with van der Waals surface area (Å²) in [7, 11) is 0. The van der Waals surface area contributed by atoms with Gasteiger partial charge < -0.3 is 10.1 Å². The standard InChI is InChI=1S/C9H7ClF2INO2/c10-6-3-5(16-9(11)12)1-2-7(6)14-8(15)4-13/h1-3,9H,4H2,(H,14,15). The van der Waals surface area contributed by atoms with E-state index in [1.54, 1.807) is 0 Å². The van der Waals surface area contributed by atoms with Gasteiger partial charge in [0.2, 0.25) is 5.91 Å². The van der Waals surface area contributed by atoms with Gasteiger partial charge in [0.25, 0.3) is 0 Å². The molecule has 0 aliphatic carbocycles. The molecule has 1 aromatic carbocycles. The highest BCUT2D eigenvalue weighted by Gasteiger charge is 2.08. The van der Waals surface area contributed by atoms with Crippen LogP contribution in [0, 0.1) is 0 Å². The number of hydrogen-bond donors (Lipinski definition) is 1. The lowest BCUT2D eigenvalue weighted by Crippen LogP contribution is -2.12. The summed E-state index contributed by atoms with van der Waals surface area (Å²) in [5.74, 6) is -0.266. The van der Waals surface area contributed by atoms with Crippen molar-refractivity contribution in [2.45, 2.75) is 6.61 Å². The molecule has 1 aromatic rings. The molecule has 0 unspecified atom stereocenters. The maximum absolute atomic E-state index is 11.9. The fourth-order valence-electron chi connectivity index (χ4n) is 0.957. The second kappa shape index (κ2) is 6.19. The van der Waals surface area contributed by atoms with E-state index in [-0.39, 0.29) is 21.1 Å². The molecule has 0 saturated carbocycles. The number of rotatable bonds is 4. The van der Waals surface area contributed by atoms with Crippen molar-refractivity contribution >= 4 is 45.8 Å². The van der Waals surface area contributed by atoms with Gasteiger partial charge in [-0.2, -0.15) is 8.78 Å². The SMILES string of the molecule is O=C(CI)Nc1ccc(OC(F)F)cc1Cl. The van der Waals surface area contributed by atoms with Gasteiger partial charge in [0, 0.05) is 6.07 Å². The molecule has 0 radical (unpaired) electrons. The van der Waals surface area contributed by atoms with Gasteiger partial charge in [0.1, 0.15) is 5.75 Å². The molecule has 88 valence electrons. The van der Waals surface area contributed by atoms with E-state index in [4.69, 9.17) is 11.6 Å². The smallest absolute Gasteiger partial charge is 0.387 e. The van der Waals surface area contributed by atoms with Crippen molar-refractivity contribution in [2.75, 3.05) is 9.74 Å². The summed E-state index contributed by atoms with van der Waals surface area (Å²) in [6, 6.07) is 3.93. The molecule has 1 amide bonds. The molecule has 0 spiro atoms. The van der Waals surface area contributed by atoms with E-state index in [9.17, 15) is 13.6 Å². The fraction of sp³-hybridized carbons (Fsp3) is 0.222. The third kappa shape index (κ3) is 4.09. The summed E-state index contributed by atoms with van der Waals surface area (Å²) in [5, 5.41) is 2.67. The Balaban J connectivity index is 2.79. The number of alkyl halides is 3. The van der Waals surface area contributed by atoms with Crippen molar-refractivity contribution in [1.82, 2.24) is 0 Å². The number of amides is 1. The summed E-state index contributed by atoms with van der Waals surface area (Å²) in [5.41, 5.74) is 0.366. The lowest BCUT2D eigenvalue weighted by molar-refractivity contribution is -0.113. The van der Waals surface area contributed by atoms with E-state index >= 15 is 0 Å². The maximum atomic E-state index is 11.9. The van der Waals surface area contributed by atoms with Gasteiger partial charge in [-0.25, -0.2) is 0 Å². The number of benzene rings is 1. The number of carbonyl (C=O) groups excluding carboxylic acids is 1. The van der Waals surface area contributed by atoms with Crippen LogP contribution >= 0.6 is 34.2 Å². The predicted molar refractivity (Wildman–Crippen MR) is 65.6 cm³/mol. The van der Waals surface area contributed by atoms with Crippen LogP contribution in [0.5, 0.6) is 5.75 Å². The number of nitrogens with one attached hydrogen (secondary N) is 1. The van der Waals surface area contributed by atoms with Crippen LogP contribution in [0.4, 0.5) is 14.5 Å². The lowest BCUT2D eigenvalue weighted by atomic mass is 10.3. The maximum Gasteiger partial charge on any atom is 0.387 e. The number of ether oxygens (including phenoxy) is 1. The number of carbonyl (C=O) groups is 1. The molecule has 0 fully saturated rings. The van der Waals surface area contributed by atoms with E-state index in [1.165, 1.54) is 18.2 Å². The molecule has 0 saturated heterocycles. The predicted octanol–water partition coefficient (Wildman–Crippen LogP) is 3.31. The first-order valence-corrected chi connectivity index (χ1v) is 6.03. The molecule has 0 aliphatic heterocycles. The normalized spacial score (nSPS) is 10.3. The van der Waals surface area contributed by atoms with Crippen LogP contribution in [-0.4, -0.2) is 16.9 Å². The second-order valence-electron chi connectivity index (χ2n) is 2.70. The van der Waals surface area contributed by atoms with Crippen LogP contribution in [0.3, 0.4) is 0 Å². The third-order valence-electron chi connectivity index (χ3n) is 1.56. The van der Waals surface area contributed by atoms with E-state index in [1.807, 2.05) is 22.6 Å². The molecule has 1 rings (SSSR count). The van der Waals surface area contributed by atoms with Crippen LogP contribution in [0.25, 0.3) is 0 Å². The Hall–Kier alpha value is -0.630. The molecule has 0 heterocycles. The minimum absolute atomic E-state index is 0.0486. The van der Waals surface area contributed by atoms with Gasteiger partial charge in [-0.05, 0) is 12.1 Å². The van der Waals surface area contributed by atoms with Gasteiger partial charge in [-0.1, -0.05) is 34.2 Å². The first-order chi connectivity index (χ1) is 7.52. The van der Waals surface area contributed by atoms with Crippen molar-refractivity contribution in [1.29, 1.82) is 0 Å². The highest BCUT2D eigenvalue weighted by atomic mass is 127.